The molecule has 0 aliphatic rings. The first-order chi connectivity index (χ1) is 7.00. The standard InChI is InChI=1S/C10H9ClFNO2/c11-8-5-7(12)4-6(10(8)15)2-1-3-9(13)14/h1-2,4-5,15H,3H2,(H2,13,14). The average Bonchev–Trinajstić information content (AvgIpc) is 2.12. The van der Waals surface area contributed by atoms with Crippen LogP contribution in [-0.4, -0.2) is 11.0 Å². The molecule has 0 saturated heterocycles. The van der Waals surface area contributed by atoms with Crippen molar-refractivity contribution in [1.29, 1.82) is 0 Å². The van der Waals surface area contributed by atoms with E-state index in [4.69, 9.17) is 17.3 Å². The largest absolute Gasteiger partial charge is 0.506 e. The number of carbonyl (C=O) groups excluding carboxylic acids is 1. The first-order valence-corrected chi connectivity index (χ1v) is 4.51. The zero-order chi connectivity index (χ0) is 11.4. The second-order valence-electron chi connectivity index (χ2n) is 2.90. The van der Waals surface area contributed by atoms with E-state index in [-0.39, 0.29) is 22.8 Å². The van der Waals surface area contributed by atoms with Crippen LogP contribution in [-0.2, 0) is 4.79 Å². The molecule has 80 valence electrons. The number of benzene rings is 1. The van der Waals surface area contributed by atoms with Gasteiger partial charge in [-0.05, 0) is 12.1 Å². The van der Waals surface area contributed by atoms with Gasteiger partial charge in [0.2, 0.25) is 5.91 Å². The molecule has 0 heterocycles. The molecule has 3 nitrogen and oxygen atoms in total. The molecule has 0 spiro atoms. The third-order valence-electron chi connectivity index (χ3n) is 1.67. The minimum atomic E-state index is -0.559. The summed E-state index contributed by atoms with van der Waals surface area (Å²) >= 11 is 5.55. The predicted molar refractivity (Wildman–Crippen MR) is 55.9 cm³/mol. The van der Waals surface area contributed by atoms with E-state index in [1.54, 1.807) is 0 Å². The van der Waals surface area contributed by atoms with Crippen LogP contribution in [0.3, 0.4) is 0 Å². The number of halogens is 2. The predicted octanol–water partition coefficient (Wildman–Crippen LogP) is 2.07. The van der Waals surface area contributed by atoms with Crippen molar-refractivity contribution < 1.29 is 14.3 Å². The lowest BCUT2D eigenvalue weighted by atomic mass is 10.1. The Morgan fingerprint density at radius 1 is 1.60 bits per heavy atom. The van der Waals surface area contributed by atoms with Gasteiger partial charge < -0.3 is 10.8 Å². The van der Waals surface area contributed by atoms with Crippen LogP contribution in [0.15, 0.2) is 18.2 Å². The van der Waals surface area contributed by atoms with Crippen molar-refractivity contribution in [2.45, 2.75) is 6.42 Å². The zero-order valence-corrected chi connectivity index (χ0v) is 8.46. The molecule has 15 heavy (non-hydrogen) atoms. The number of rotatable bonds is 3. The average molecular weight is 230 g/mol. The summed E-state index contributed by atoms with van der Waals surface area (Å²) in [6.45, 7) is 0. The van der Waals surface area contributed by atoms with Crippen molar-refractivity contribution in [1.82, 2.24) is 0 Å². The fraction of sp³-hybridized carbons (Fsp3) is 0.100. The molecule has 1 aromatic rings. The second kappa shape index (κ2) is 4.79. The van der Waals surface area contributed by atoms with Gasteiger partial charge in [-0.15, -0.1) is 0 Å². The van der Waals surface area contributed by atoms with Crippen molar-refractivity contribution in [3.05, 3.63) is 34.6 Å². The molecule has 0 bridgehead atoms. The van der Waals surface area contributed by atoms with Gasteiger partial charge in [0.25, 0.3) is 0 Å². The zero-order valence-electron chi connectivity index (χ0n) is 7.71. The number of aromatic hydroxyl groups is 1. The lowest BCUT2D eigenvalue weighted by Gasteiger charge is -2.01. The van der Waals surface area contributed by atoms with E-state index in [2.05, 4.69) is 0 Å². The molecule has 0 fully saturated rings. The first-order valence-electron chi connectivity index (χ1n) is 4.13. The summed E-state index contributed by atoms with van der Waals surface area (Å²) in [6, 6.07) is 2.11. The van der Waals surface area contributed by atoms with E-state index in [0.29, 0.717) is 0 Å². The fourth-order valence-electron chi connectivity index (χ4n) is 1.01. The Balaban J connectivity index is 2.94. The highest BCUT2D eigenvalue weighted by atomic mass is 35.5. The van der Waals surface area contributed by atoms with Crippen molar-refractivity contribution in [3.8, 4) is 5.75 Å². The molecular formula is C10H9ClFNO2. The Morgan fingerprint density at radius 3 is 2.87 bits per heavy atom. The van der Waals surface area contributed by atoms with Crippen molar-refractivity contribution in [3.63, 3.8) is 0 Å². The van der Waals surface area contributed by atoms with Crippen LogP contribution in [0.5, 0.6) is 5.75 Å². The van der Waals surface area contributed by atoms with Gasteiger partial charge in [0.15, 0.2) is 0 Å². The van der Waals surface area contributed by atoms with Gasteiger partial charge in [0.05, 0.1) is 5.02 Å². The van der Waals surface area contributed by atoms with Crippen LogP contribution >= 0.6 is 11.6 Å². The Morgan fingerprint density at radius 2 is 2.27 bits per heavy atom. The lowest BCUT2D eigenvalue weighted by Crippen LogP contribution is -2.07. The van der Waals surface area contributed by atoms with E-state index in [9.17, 15) is 14.3 Å². The van der Waals surface area contributed by atoms with Crippen LogP contribution in [0.2, 0.25) is 5.02 Å². The molecule has 0 aliphatic carbocycles. The molecule has 0 radical (unpaired) electrons. The summed E-state index contributed by atoms with van der Waals surface area (Å²) in [5.41, 5.74) is 5.11. The number of amides is 1. The smallest absolute Gasteiger partial charge is 0.221 e. The van der Waals surface area contributed by atoms with Gasteiger partial charge in [0, 0.05) is 12.0 Å². The molecule has 0 aromatic heterocycles. The topological polar surface area (TPSA) is 63.3 Å². The van der Waals surface area contributed by atoms with Crippen molar-refractivity contribution in [2.24, 2.45) is 5.73 Å². The molecule has 0 aliphatic heterocycles. The molecule has 3 N–H and O–H groups in total. The van der Waals surface area contributed by atoms with Crippen LogP contribution < -0.4 is 5.73 Å². The van der Waals surface area contributed by atoms with Gasteiger partial charge in [-0.3, -0.25) is 4.79 Å². The van der Waals surface area contributed by atoms with Gasteiger partial charge in [-0.2, -0.15) is 0 Å². The summed E-state index contributed by atoms with van der Waals surface area (Å²) in [5, 5.41) is 9.35. The minimum Gasteiger partial charge on any atom is -0.506 e. The molecule has 0 unspecified atom stereocenters. The quantitative estimate of drug-likeness (QED) is 0.834. The van der Waals surface area contributed by atoms with Crippen LogP contribution in [0.4, 0.5) is 4.39 Å². The van der Waals surface area contributed by atoms with Gasteiger partial charge in [-0.25, -0.2) is 4.39 Å². The Bertz CT molecular complexity index is 418. The van der Waals surface area contributed by atoms with E-state index >= 15 is 0 Å². The SMILES string of the molecule is NC(=O)CC=Cc1cc(F)cc(Cl)c1O. The number of carbonyl (C=O) groups is 1. The summed E-state index contributed by atoms with van der Waals surface area (Å²) < 4.78 is 12.9. The summed E-state index contributed by atoms with van der Waals surface area (Å²) in [5.74, 6) is -1.29. The minimum absolute atomic E-state index is 0.0214. The Hall–Kier alpha value is -1.55. The number of phenols is 1. The van der Waals surface area contributed by atoms with E-state index in [1.807, 2.05) is 0 Å². The third kappa shape index (κ3) is 3.25. The number of hydrogen-bond acceptors (Lipinski definition) is 2. The maximum atomic E-state index is 12.9. The van der Waals surface area contributed by atoms with Crippen LogP contribution in [0.1, 0.15) is 12.0 Å². The normalized spacial score (nSPS) is 10.8. The van der Waals surface area contributed by atoms with Crippen molar-refractivity contribution in [2.75, 3.05) is 0 Å². The number of hydrogen-bond donors (Lipinski definition) is 2. The van der Waals surface area contributed by atoms with Crippen molar-refractivity contribution >= 4 is 23.6 Å². The van der Waals surface area contributed by atoms with Crippen LogP contribution in [0, 0.1) is 5.82 Å². The lowest BCUT2D eigenvalue weighted by molar-refractivity contribution is -0.117. The Kier molecular flexibility index (Phi) is 3.68. The molecule has 5 heteroatoms. The highest BCUT2D eigenvalue weighted by Crippen LogP contribution is 2.29. The van der Waals surface area contributed by atoms with Gasteiger partial charge >= 0.3 is 0 Å². The maximum absolute atomic E-state index is 12.9. The van der Waals surface area contributed by atoms with Gasteiger partial charge in [0.1, 0.15) is 11.6 Å². The second-order valence-corrected chi connectivity index (χ2v) is 3.31. The monoisotopic (exact) mass is 229 g/mol. The highest BCUT2D eigenvalue weighted by Gasteiger charge is 2.05. The van der Waals surface area contributed by atoms with Crippen LogP contribution in [0.25, 0.3) is 6.08 Å². The highest BCUT2D eigenvalue weighted by molar-refractivity contribution is 6.32. The first kappa shape index (κ1) is 11.5. The maximum Gasteiger partial charge on any atom is 0.221 e. The number of primary amides is 1. The molecule has 1 aromatic carbocycles. The summed E-state index contributed by atoms with van der Waals surface area (Å²) in [6.07, 6.45) is 2.83. The molecule has 0 saturated carbocycles. The fourth-order valence-corrected chi connectivity index (χ4v) is 1.23. The molecule has 0 atom stereocenters. The van der Waals surface area contributed by atoms with E-state index < -0.39 is 11.7 Å². The molecular weight excluding hydrogens is 221 g/mol. The Labute approximate surface area is 91.0 Å². The van der Waals surface area contributed by atoms with Gasteiger partial charge in [-0.1, -0.05) is 23.8 Å². The number of nitrogens with two attached hydrogens (primary N) is 1. The molecule has 1 rings (SSSR count). The summed E-state index contributed by atoms with van der Waals surface area (Å²) in [4.78, 5) is 10.4. The number of phenolic OH excluding ortho intramolecular Hbond substituents is 1. The third-order valence-corrected chi connectivity index (χ3v) is 1.96. The van der Waals surface area contributed by atoms with E-state index in [0.717, 1.165) is 12.1 Å². The molecule has 1 amide bonds. The summed E-state index contributed by atoms with van der Waals surface area (Å²) in [7, 11) is 0. The van der Waals surface area contributed by atoms with E-state index in [1.165, 1.54) is 12.2 Å².